The molecular weight excluding hydrogens is 370 g/mol. The Balaban J connectivity index is 1.98. The van der Waals surface area contributed by atoms with E-state index < -0.39 is 0 Å². The van der Waals surface area contributed by atoms with Gasteiger partial charge in [-0.05, 0) is 33.1 Å². The molecule has 4 nitrogen and oxygen atoms in total. The highest BCUT2D eigenvalue weighted by molar-refractivity contribution is 5.77. The minimum Gasteiger partial charge on any atom is -0.351 e. The van der Waals surface area contributed by atoms with Crippen molar-refractivity contribution in [3.05, 3.63) is 12.2 Å². The zero-order valence-corrected chi connectivity index (χ0v) is 20.4. The molecule has 0 aliphatic carbocycles. The normalized spacial score (nSPS) is 18.8. The number of nitrogens with zero attached hydrogens (tertiary/aromatic N) is 2. The summed E-state index contributed by atoms with van der Waals surface area (Å²) in [6, 6.07) is 0. The molecule has 1 amide bonds. The number of nitrogens with one attached hydrogen (secondary N) is 1. The summed E-state index contributed by atoms with van der Waals surface area (Å²) >= 11 is 0. The summed E-state index contributed by atoms with van der Waals surface area (Å²) in [6.45, 7) is 10.9. The van der Waals surface area contributed by atoms with Crippen LogP contribution in [0.4, 0.5) is 0 Å². The first-order valence-corrected chi connectivity index (χ1v) is 12.9. The van der Waals surface area contributed by atoms with E-state index in [1.807, 2.05) is 0 Å². The van der Waals surface area contributed by atoms with E-state index in [2.05, 4.69) is 31.3 Å². The van der Waals surface area contributed by atoms with Crippen LogP contribution in [0.15, 0.2) is 17.1 Å². The largest absolute Gasteiger partial charge is 0.351 e. The van der Waals surface area contributed by atoms with Crippen LogP contribution in [-0.2, 0) is 4.79 Å². The third kappa shape index (κ3) is 11.9. The molecule has 4 heteroatoms. The third-order valence-corrected chi connectivity index (χ3v) is 6.65. The smallest absolute Gasteiger partial charge is 0.217 e. The Morgan fingerprint density at radius 2 is 1.53 bits per heavy atom. The molecule has 1 atom stereocenters. The number of hydrogen-bond donors (Lipinski definition) is 1. The van der Waals surface area contributed by atoms with E-state index in [4.69, 9.17) is 4.99 Å². The molecule has 1 aliphatic heterocycles. The van der Waals surface area contributed by atoms with Gasteiger partial charge >= 0.3 is 0 Å². The van der Waals surface area contributed by atoms with Crippen molar-refractivity contribution in [3.8, 4) is 0 Å². The molecule has 0 aromatic carbocycles. The maximum atomic E-state index is 11.2. The maximum absolute atomic E-state index is 11.2. The van der Waals surface area contributed by atoms with Crippen LogP contribution in [0, 0.1) is 0 Å². The lowest BCUT2D eigenvalue weighted by Gasteiger charge is -2.33. The Bertz CT molecular complexity index is 501. The van der Waals surface area contributed by atoms with E-state index >= 15 is 0 Å². The Hall–Kier alpha value is -1.16. The Morgan fingerprint density at radius 3 is 2.07 bits per heavy atom. The fourth-order valence-electron chi connectivity index (χ4n) is 4.63. The number of unbranched alkanes of at least 4 members (excludes halogenated alkanes) is 12. The van der Waals surface area contributed by atoms with Crippen molar-refractivity contribution in [2.75, 3.05) is 32.7 Å². The number of likely N-dealkylation sites (N-methyl/N-ethyl adjacent to an activating group) is 1. The first kappa shape index (κ1) is 26.9. The molecule has 1 rings (SSSR count). The molecule has 1 heterocycles. The first-order valence-electron chi connectivity index (χ1n) is 12.9. The minimum absolute atomic E-state index is 0.0713. The van der Waals surface area contributed by atoms with Gasteiger partial charge in [0, 0.05) is 13.3 Å². The molecule has 0 saturated carbocycles. The number of amides is 1. The van der Waals surface area contributed by atoms with Gasteiger partial charge < -0.3 is 5.32 Å². The average molecular weight is 421 g/mol. The van der Waals surface area contributed by atoms with Crippen molar-refractivity contribution in [1.29, 1.82) is 0 Å². The van der Waals surface area contributed by atoms with E-state index in [-0.39, 0.29) is 5.91 Å². The Kier molecular flexibility index (Phi) is 15.7. The summed E-state index contributed by atoms with van der Waals surface area (Å²) in [5.74, 6) is 1.45. The van der Waals surface area contributed by atoms with Crippen molar-refractivity contribution < 1.29 is 9.28 Å². The van der Waals surface area contributed by atoms with Gasteiger partial charge in [-0.15, -0.1) is 0 Å². The third-order valence-electron chi connectivity index (χ3n) is 6.65. The zero-order valence-electron chi connectivity index (χ0n) is 20.4. The molecule has 1 N–H and O–H groups in total. The van der Waals surface area contributed by atoms with Gasteiger partial charge in [0.1, 0.15) is 13.1 Å². The minimum atomic E-state index is 0.0713. The number of aliphatic imine (C=N–C) groups is 1. The molecular formula is C26H50N3O+. The number of carbonyl (C=O) groups is 1. The molecule has 174 valence electrons. The van der Waals surface area contributed by atoms with Gasteiger partial charge in [0.05, 0.1) is 19.6 Å². The van der Waals surface area contributed by atoms with Gasteiger partial charge in [-0.1, -0.05) is 76.4 Å². The average Bonchev–Trinajstić information content (AvgIpc) is 3.13. The van der Waals surface area contributed by atoms with Crippen LogP contribution in [0.2, 0.25) is 0 Å². The maximum Gasteiger partial charge on any atom is 0.217 e. The molecule has 0 bridgehead atoms. The van der Waals surface area contributed by atoms with Gasteiger partial charge in [0.25, 0.3) is 0 Å². The van der Waals surface area contributed by atoms with Gasteiger partial charge in [0.15, 0.2) is 5.84 Å². The first-order chi connectivity index (χ1) is 14.6. The van der Waals surface area contributed by atoms with Crippen LogP contribution < -0.4 is 5.32 Å². The number of rotatable bonds is 19. The van der Waals surface area contributed by atoms with Crippen LogP contribution in [0.25, 0.3) is 0 Å². The van der Waals surface area contributed by atoms with Crippen LogP contribution in [-0.4, -0.2) is 48.9 Å². The van der Waals surface area contributed by atoms with E-state index in [0.717, 1.165) is 43.6 Å². The van der Waals surface area contributed by atoms with Crippen LogP contribution in [0.3, 0.4) is 0 Å². The predicted molar refractivity (Wildman–Crippen MR) is 131 cm³/mol. The fourth-order valence-corrected chi connectivity index (χ4v) is 4.63. The van der Waals surface area contributed by atoms with E-state index in [0.29, 0.717) is 0 Å². The highest BCUT2D eigenvalue weighted by Gasteiger charge is 2.35. The molecule has 30 heavy (non-hydrogen) atoms. The quantitative estimate of drug-likeness (QED) is 0.146. The van der Waals surface area contributed by atoms with Crippen molar-refractivity contribution in [2.24, 2.45) is 4.99 Å². The van der Waals surface area contributed by atoms with Gasteiger partial charge in [-0.25, -0.2) is 4.99 Å². The molecule has 0 saturated heterocycles. The summed E-state index contributed by atoms with van der Waals surface area (Å²) in [5.41, 5.74) is 0. The predicted octanol–water partition coefficient (Wildman–Crippen LogP) is 6.41. The number of allylic oxidation sites excluding steroid dienone is 2. The second-order valence-electron chi connectivity index (χ2n) is 9.04. The summed E-state index contributed by atoms with van der Waals surface area (Å²) in [5, 5.41) is 2.96. The number of hydrogen-bond acceptors (Lipinski definition) is 2. The second kappa shape index (κ2) is 17.5. The molecule has 0 radical (unpaired) electrons. The second-order valence-corrected chi connectivity index (χ2v) is 9.04. The van der Waals surface area contributed by atoms with Gasteiger partial charge in [0.2, 0.25) is 5.91 Å². The van der Waals surface area contributed by atoms with Crippen molar-refractivity contribution in [2.45, 2.75) is 111 Å². The molecule has 0 spiro atoms. The van der Waals surface area contributed by atoms with Crippen LogP contribution in [0.1, 0.15) is 111 Å². The molecule has 1 unspecified atom stereocenters. The van der Waals surface area contributed by atoms with Crippen LogP contribution in [0.5, 0.6) is 0 Å². The number of carbonyl (C=O) groups excluding carboxylic acids is 1. The van der Waals surface area contributed by atoms with E-state index in [1.54, 1.807) is 6.92 Å². The van der Waals surface area contributed by atoms with Crippen molar-refractivity contribution >= 4 is 11.7 Å². The molecule has 0 aromatic rings. The highest BCUT2D eigenvalue weighted by Crippen LogP contribution is 2.20. The van der Waals surface area contributed by atoms with Gasteiger partial charge in [-0.3, -0.25) is 9.28 Å². The summed E-state index contributed by atoms with van der Waals surface area (Å²) < 4.78 is 0.996. The Labute approximate surface area is 187 Å². The SMILES string of the molecule is C/C=C/CCCCCCCCCCCCCCC1=NCC[N+]1(CC)CCNC(C)=O. The Morgan fingerprint density at radius 1 is 0.967 bits per heavy atom. The topological polar surface area (TPSA) is 41.5 Å². The lowest BCUT2D eigenvalue weighted by Crippen LogP contribution is -2.54. The van der Waals surface area contributed by atoms with E-state index in [1.165, 1.54) is 89.3 Å². The molecule has 0 aromatic heterocycles. The number of quaternary nitrogens is 1. The van der Waals surface area contributed by atoms with E-state index in [9.17, 15) is 4.79 Å². The highest BCUT2D eigenvalue weighted by atomic mass is 16.1. The fraction of sp³-hybridized carbons (Fsp3) is 0.846. The summed E-state index contributed by atoms with van der Waals surface area (Å²) in [6.07, 6.45) is 23.5. The molecule has 1 aliphatic rings. The standard InChI is InChI=1S/C26H49N3O/c1-4-6-7-8-9-10-11-12-13-14-15-16-17-18-19-20-26-28-22-24-29(26,5-2)23-21-27-25(3)30/h4,6H,5,7-24H2,1-3H3/p+1/b6-4+. The van der Waals surface area contributed by atoms with Crippen molar-refractivity contribution in [1.82, 2.24) is 5.32 Å². The number of amidine groups is 1. The summed E-state index contributed by atoms with van der Waals surface area (Å²) in [4.78, 5) is 16.0. The zero-order chi connectivity index (χ0) is 21.9. The molecule has 0 fully saturated rings. The van der Waals surface area contributed by atoms with Gasteiger partial charge in [-0.2, -0.15) is 0 Å². The summed E-state index contributed by atoms with van der Waals surface area (Å²) in [7, 11) is 0. The lowest BCUT2D eigenvalue weighted by molar-refractivity contribution is -0.833. The monoisotopic (exact) mass is 420 g/mol. The lowest BCUT2D eigenvalue weighted by atomic mass is 10.0. The van der Waals surface area contributed by atoms with Crippen molar-refractivity contribution in [3.63, 3.8) is 0 Å². The van der Waals surface area contributed by atoms with Crippen LogP contribution >= 0.6 is 0 Å².